The van der Waals surface area contributed by atoms with E-state index in [1.54, 1.807) is 68.4 Å². The fraction of sp³-hybridized carbons (Fsp3) is 0.320. The summed E-state index contributed by atoms with van der Waals surface area (Å²) in [5.74, 6) is -0.355. The summed E-state index contributed by atoms with van der Waals surface area (Å²) >= 11 is 7.12. The number of hydrogen-bond donors (Lipinski definition) is 1. The molecule has 1 unspecified atom stereocenters. The number of ether oxygens (including phenoxy) is 1. The maximum absolute atomic E-state index is 13.2. The zero-order valence-corrected chi connectivity index (χ0v) is 22.8. The van der Waals surface area contributed by atoms with Crippen molar-refractivity contribution in [3.63, 3.8) is 0 Å². The van der Waals surface area contributed by atoms with Gasteiger partial charge in [-0.3, -0.25) is 9.78 Å². The average Bonchev–Trinajstić information content (AvgIpc) is 3.49. The highest BCUT2D eigenvalue weighted by atomic mass is 35.5. The van der Waals surface area contributed by atoms with Crippen LogP contribution < -0.4 is 4.72 Å². The van der Waals surface area contributed by atoms with Crippen molar-refractivity contribution in [3.05, 3.63) is 59.5 Å². The molecular formula is C25H25ClN4O5S2. The molecule has 1 fully saturated rings. The molecule has 1 saturated heterocycles. The predicted octanol–water partition coefficient (Wildman–Crippen LogP) is 4.77. The fourth-order valence-electron chi connectivity index (χ4n) is 4.30. The van der Waals surface area contributed by atoms with Crippen molar-refractivity contribution in [1.82, 2.24) is 19.2 Å². The van der Waals surface area contributed by atoms with Crippen LogP contribution in [0, 0.1) is 0 Å². The molecule has 1 amide bonds. The van der Waals surface area contributed by atoms with Crippen LogP contribution in [0.5, 0.6) is 0 Å². The number of carbonyl (C=O) groups is 2. The lowest BCUT2D eigenvalue weighted by Crippen LogP contribution is -2.41. The van der Waals surface area contributed by atoms with Gasteiger partial charge in [0.25, 0.3) is 10.0 Å². The number of carbonyl (C=O) groups excluding carboxylic acids is 2. The van der Waals surface area contributed by atoms with Gasteiger partial charge >= 0.3 is 6.09 Å². The molecule has 9 nitrogen and oxygen atoms in total. The summed E-state index contributed by atoms with van der Waals surface area (Å²) in [5, 5.41) is 2.07. The largest absolute Gasteiger partial charge is 0.443 e. The second-order valence-electron chi connectivity index (χ2n) is 9.86. The third-order valence-corrected chi connectivity index (χ3v) is 9.21. The minimum Gasteiger partial charge on any atom is -0.443 e. The Kier molecular flexibility index (Phi) is 6.51. The number of nitrogens with zero attached hydrogens (tertiary/aromatic N) is 3. The molecule has 3 aromatic heterocycles. The Bertz CT molecular complexity index is 1640. The standard InChI is InChI=1S/C25H25ClN4O5S2/c1-25(2,3)35-24(32)30-18(10-15-6-8-27-13-20(15)30)14-29-9-7-19(23(29)31)28-37(33,34)22-11-16-4-5-17(26)12-21(16)36-22/h4-6,8,10-13,19,28H,7,9,14H2,1-3H3. The minimum atomic E-state index is -3.92. The second kappa shape index (κ2) is 9.39. The highest BCUT2D eigenvalue weighted by Gasteiger charge is 2.36. The number of likely N-dealkylation sites (tertiary alicyclic amines) is 1. The molecule has 1 aromatic carbocycles. The van der Waals surface area contributed by atoms with Gasteiger partial charge in [0.15, 0.2) is 0 Å². The number of thiophene rings is 1. The number of aromatic nitrogens is 2. The molecule has 0 aliphatic carbocycles. The molecule has 4 aromatic rings. The zero-order valence-electron chi connectivity index (χ0n) is 20.4. The van der Waals surface area contributed by atoms with Gasteiger partial charge in [0.1, 0.15) is 15.9 Å². The molecule has 0 spiro atoms. The Morgan fingerprint density at radius 3 is 2.76 bits per heavy atom. The smallest absolute Gasteiger partial charge is 0.419 e. The van der Waals surface area contributed by atoms with E-state index in [0.29, 0.717) is 29.2 Å². The van der Waals surface area contributed by atoms with Crippen molar-refractivity contribution in [2.45, 2.75) is 49.6 Å². The topological polar surface area (TPSA) is 111 Å². The van der Waals surface area contributed by atoms with E-state index in [1.165, 1.54) is 4.57 Å². The van der Waals surface area contributed by atoms with E-state index in [0.717, 1.165) is 26.8 Å². The Hall–Kier alpha value is -2.99. The molecule has 12 heteroatoms. The monoisotopic (exact) mass is 560 g/mol. The van der Waals surface area contributed by atoms with Crippen LogP contribution in [0.4, 0.5) is 4.79 Å². The van der Waals surface area contributed by atoms with Crippen LogP contribution in [0.2, 0.25) is 5.02 Å². The first-order valence-electron chi connectivity index (χ1n) is 11.6. The third kappa shape index (κ3) is 5.22. The van der Waals surface area contributed by atoms with E-state index in [4.69, 9.17) is 16.3 Å². The number of rotatable bonds is 5. The van der Waals surface area contributed by atoms with E-state index >= 15 is 0 Å². The molecule has 1 aliphatic rings. The van der Waals surface area contributed by atoms with Crippen LogP contribution >= 0.6 is 22.9 Å². The van der Waals surface area contributed by atoms with Gasteiger partial charge in [0.05, 0.1) is 18.3 Å². The zero-order chi connectivity index (χ0) is 26.5. The third-order valence-electron chi connectivity index (χ3n) is 5.93. The van der Waals surface area contributed by atoms with Crippen LogP contribution in [0.3, 0.4) is 0 Å². The van der Waals surface area contributed by atoms with E-state index in [-0.39, 0.29) is 16.7 Å². The minimum absolute atomic E-state index is 0.117. The van der Waals surface area contributed by atoms with Gasteiger partial charge in [-0.2, -0.15) is 4.72 Å². The van der Waals surface area contributed by atoms with Crippen molar-refractivity contribution in [1.29, 1.82) is 0 Å². The summed E-state index contributed by atoms with van der Waals surface area (Å²) in [4.78, 5) is 31.9. The van der Waals surface area contributed by atoms with Crippen LogP contribution in [0.15, 0.2) is 53.0 Å². The SMILES string of the molecule is CC(C)(C)OC(=O)n1c(CN2CCC(NS(=O)(=O)c3cc4ccc(Cl)cc4s3)C2=O)cc2ccncc21. The summed E-state index contributed by atoms with van der Waals surface area (Å²) in [6, 6.07) is 9.43. The summed E-state index contributed by atoms with van der Waals surface area (Å²) in [6.45, 7) is 5.79. The molecule has 1 atom stereocenters. The predicted molar refractivity (Wildman–Crippen MR) is 142 cm³/mol. The van der Waals surface area contributed by atoms with Crippen molar-refractivity contribution in [3.8, 4) is 0 Å². The maximum atomic E-state index is 13.2. The highest BCUT2D eigenvalue weighted by Crippen LogP contribution is 2.32. The summed E-state index contributed by atoms with van der Waals surface area (Å²) in [6.07, 6.45) is 2.94. The van der Waals surface area contributed by atoms with Gasteiger partial charge in [0.2, 0.25) is 5.91 Å². The molecule has 1 N–H and O–H groups in total. The number of fused-ring (bicyclic) bond motifs is 2. The molecule has 1 aliphatic heterocycles. The summed E-state index contributed by atoms with van der Waals surface area (Å²) in [7, 11) is -3.92. The van der Waals surface area contributed by atoms with Crippen molar-refractivity contribution in [2.75, 3.05) is 6.54 Å². The maximum Gasteiger partial charge on any atom is 0.419 e. The van der Waals surface area contributed by atoms with E-state index in [9.17, 15) is 18.0 Å². The van der Waals surface area contributed by atoms with Crippen LogP contribution in [0.25, 0.3) is 21.0 Å². The summed E-state index contributed by atoms with van der Waals surface area (Å²) in [5.41, 5.74) is 0.411. The van der Waals surface area contributed by atoms with Gasteiger partial charge in [-0.1, -0.05) is 17.7 Å². The number of sulfonamides is 1. The number of hydrogen-bond acceptors (Lipinski definition) is 7. The lowest BCUT2D eigenvalue weighted by Gasteiger charge is -2.22. The fourth-order valence-corrected chi connectivity index (χ4v) is 7.22. The van der Waals surface area contributed by atoms with Crippen LogP contribution in [-0.2, 0) is 26.1 Å². The van der Waals surface area contributed by atoms with Gasteiger partial charge in [0, 0.05) is 33.5 Å². The summed E-state index contributed by atoms with van der Waals surface area (Å²) < 4.78 is 36.6. The Morgan fingerprint density at radius 2 is 2.00 bits per heavy atom. The normalized spacial score (nSPS) is 16.7. The Balaban J connectivity index is 1.36. The molecule has 37 heavy (non-hydrogen) atoms. The molecule has 194 valence electrons. The first-order chi connectivity index (χ1) is 17.4. The molecule has 0 saturated carbocycles. The molecule has 5 rings (SSSR count). The van der Waals surface area contributed by atoms with Gasteiger partial charge in [-0.05, 0) is 62.9 Å². The van der Waals surface area contributed by atoms with E-state index < -0.39 is 27.8 Å². The average molecular weight is 561 g/mol. The first-order valence-corrected chi connectivity index (χ1v) is 14.3. The van der Waals surface area contributed by atoms with Gasteiger partial charge < -0.3 is 9.64 Å². The van der Waals surface area contributed by atoms with Crippen molar-refractivity contribution >= 4 is 66.0 Å². The molecule has 4 heterocycles. The lowest BCUT2D eigenvalue weighted by molar-refractivity contribution is -0.129. The highest BCUT2D eigenvalue weighted by molar-refractivity contribution is 7.91. The number of benzene rings is 1. The van der Waals surface area contributed by atoms with Crippen molar-refractivity contribution in [2.24, 2.45) is 0 Å². The van der Waals surface area contributed by atoms with Gasteiger partial charge in [-0.25, -0.2) is 17.8 Å². The number of pyridine rings is 1. The number of nitrogens with one attached hydrogen (secondary N) is 1. The quantitative estimate of drug-likeness (QED) is 0.376. The number of amides is 1. The molecule has 0 bridgehead atoms. The Morgan fingerprint density at radius 1 is 1.22 bits per heavy atom. The first kappa shape index (κ1) is 25.7. The van der Waals surface area contributed by atoms with Gasteiger partial charge in [-0.15, -0.1) is 11.3 Å². The van der Waals surface area contributed by atoms with E-state index in [1.807, 2.05) is 6.07 Å². The van der Waals surface area contributed by atoms with Crippen LogP contribution in [-0.4, -0.2) is 53.1 Å². The second-order valence-corrected chi connectivity index (χ2v) is 13.3. The van der Waals surface area contributed by atoms with E-state index in [2.05, 4.69) is 9.71 Å². The lowest BCUT2D eigenvalue weighted by atomic mass is 10.2. The Labute approximate surface area is 223 Å². The molecular weight excluding hydrogens is 536 g/mol. The van der Waals surface area contributed by atoms with Crippen LogP contribution in [0.1, 0.15) is 32.9 Å². The van der Waals surface area contributed by atoms with Crippen molar-refractivity contribution < 1.29 is 22.7 Å². The molecule has 0 radical (unpaired) electrons. The number of halogens is 1.